The van der Waals surface area contributed by atoms with Gasteiger partial charge in [-0.05, 0) is 17.9 Å². The zero-order valence-corrected chi connectivity index (χ0v) is 15.0. The highest BCUT2D eigenvalue weighted by atomic mass is 31.1. The second-order valence-corrected chi connectivity index (χ2v) is 7.79. The van der Waals surface area contributed by atoms with Crippen molar-refractivity contribution >= 4 is 29.5 Å². The number of aryl methyl sites for hydroxylation is 1. The van der Waals surface area contributed by atoms with Crippen molar-refractivity contribution in [2.75, 3.05) is 0 Å². The summed E-state index contributed by atoms with van der Waals surface area (Å²) in [5, 5.41) is 4.81. The first kappa shape index (κ1) is 15.9. The predicted octanol–water partition coefficient (Wildman–Crippen LogP) is 5.57. The van der Waals surface area contributed by atoms with Crippen LogP contribution in [0, 0.1) is 6.92 Å². The van der Waals surface area contributed by atoms with E-state index in [0.717, 1.165) is 11.3 Å². The van der Waals surface area contributed by atoms with Gasteiger partial charge in [0.2, 0.25) is 0 Å². The average molecular weight is 342 g/mol. The minimum absolute atomic E-state index is 0.917. The van der Waals surface area contributed by atoms with Crippen LogP contribution in [0.5, 0.6) is 5.75 Å². The van der Waals surface area contributed by atoms with E-state index in [-0.39, 0.29) is 0 Å². The van der Waals surface area contributed by atoms with Gasteiger partial charge < -0.3 is 4.52 Å². The van der Waals surface area contributed by atoms with Gasteiger partial charge in [-0.3, -0.25) is 0 Å². The van der Waals surface area contributed by atoms with Crippen LogP contribution in [0.25, 0.3) is 10.8 Å². The molecule has 4 rings (SSSR count). The highest BCUT2D eigenvalue weighted by Crippen LogP contribution is 2.41. The molecule has 0 heterocycles. The summed E-state index contributed by atoms with van der Waals surface area (Å²) in [5.74, 6) is 0.983. The highest BCUT2D eigenvalue weighted by Gasteiger charge is 2.19. The third-order valence-corrected chi connectivity index (χ3v) is 6.14. The zero-order valence-electron chi connectivity index (χ0n) is 14.1. The van der Waals surface area contributed by atoms with Crippen LogP contribution in [-0.2, 0) is 0 Å². The predicted molar refractivity (Wildman–Crippen MR) is 108 cm³/mol. The summed E-state index contributed by atoms with van der Waals surface area (Å²) in [4.78, 5) is 0. The molecular weight excluding hydrogens is 323 g/mol. The van der Waals surface area contributed by atoms with Crippen LogP contribution in [0.4, 0.5) is 0 Å². The molecule has 0 fully saturated rings. The van der Waals surface area contributed by atoms with E-state index in [0.29, 0.717) is 0 Å². The Morgan fingerprint density at radius 1 is 0.600 bits per heavy atom. The fourth-order valence-electron chi connectivity index (χ4n) is 2.95. The van der Waals surface area contributed by atoms with Crippen molar-refractivity contribution in [3.63, 3.8) is 0 Å². The second kappa shape index (κ2) is 7.09. The monoisotopic (exact) mass is 342 g/mol. The lowest BCUT2D eigenvalue weighted by Gasteiger charge is -2.21. The van der Waals surface area contributed by atoms with Gasteiger partial charge in [0.15, 0.2) is 8.15 Å². The smallest absolute Gasteiger partial charge is 0.150 e. The maximum absolute atomic E-state index is 6.70. The average Bonchev–Trinajstić information content (AvgIpc) is 2.69. The first-order valence-corrected chi connectivity index (χ1v) is 9.65. The van der Waals surface area contributed by atoms with Crippen LogP contribution in [0.2, 0.25) is 0 Å². The SMILES string of the molecule is Cc1ccc2ccccc2c1OP(c1ccccc1)c1ccccc1. The molecule has 0 aliphatic rings. The van der Waals surface area contributed by atoms with Crippen molar-refractivity contribution < 1.29 is 4.52 Å². The molecule has 0 saturated carbocycles. The molecule has 0 aliphatic carbocycles. The number of hydrogen-bond acceptors (Lipinski definition) is 1. The Hall–Kier alpha value is -2.63. The minimum Gasteiger partial charge on any atom is -0.464 e. The molecule has 1 nitrogen and oxygen atoms in total. The lowest BCUT2D eigenvalue weighted by molar-refractivity contribution is 0.631. The topological polar surface area (TPSA) is 9.23 Å². The van der Waals surface area contributed by atoms with Gasteiger partial charge in [0.25, 0.3) is 0 Å². The second-order valence-electron chi connectivity index (χ2n) is 5.99. The van der Waals surface area contributed by atoms with E-state index < -0.39 is 8.15 Å². The zero-order chi connectivity index (χ0) is 17.1. The molecule has 0 N–H and O–H groups in total. The van der Waals surface area contributed by atoms with Gasteiger partial charge in [0, 0.05) is 16.0 Å². The molecule has 4 aromatic rings. The Bertz CT molecular complexity index is 941. The van der Waals surface area contributed by atoms with Crippen molar-refractivity contribution in [1.29, 1.82) is 0 Å². The molecule has 0 bridgehead atoms. The fourth-order valence-corrected chi connectivity index (χ4v) is 4.77. The van der Waals surface area contributed by atoms with Gasteiger partial charge in [-0.25, -0.2) is 0 Å². The molecule has 0 unspecified atom stereocenters. The number of hydrogen-bond donors (Lipinski definition) is 0. The third-order valence-electron chi connectivity index (χ3n) is 4.24. The van der Waals surface area contributed by atoms with Gasteiger partial charge in [0.1, 0.15) is 5.75 Å². The van der Waals surface area contributed by atoms with Crippen molar-refractivity contribution in [3.8, 4) is 5.75 Å². The Kier molecular flexibility index (Phi) is 4.50. The van der Waals surface area contributed by atoms with Crippen LogP contribution < -0.4 is 15.1 Å². The van der Waals surface area contributed by atoms with Gasteiger partial charge in [0.05, 0.1) is 0 Å². The molecule has 0 atom stereocenters. The molecule has 122 valence electrons. The van der Waals surface area contributed by atoms with Gasteiger partial charge >= 0.3 is 0 Å². The largest absolute Gasteiger partial charge is 0.464 e. The maximum atomic E-state index is 6.70. The van der Waals surface area contributed by atoms with Gasteiger partial charge in [-0.15, -0.1) is 0 Å². The molecule has 0 spiro atoms. The first-order chi connectivity index (χ1) is 12.3. The van der Waals surface area contributed by atoms with Crippen LogP contribution in [-0.4, -0.2) is 0 Å². The quantitative estimate of drug-likeness (QED) is 0.440. The van der Waals surface area contributed by atoms with E-state index in [1.165, 1.54) is 21.4 Å². The molecule has 0 amide bonds. The van der Waals surface area contributed by atoms with Crippen molar-refractivity contribution in [2.24, 2.45) is 0 Å². The number of benzene rings is 4. The Balaban J connectivity index is 1.84. The molecular formula is C23H19OP. The molecule has 25 heavy (non-hydrogen) atoms. The van der Waals surface area contributed by atoms with Crippen molar-refractivity contribution in [2.45, 2.75) is 6.92 Å². The van der Waals surface area contributed by atoms with Gasteiger partial charge in [-0.2, -0.15) is 0 Å². The lowest BCUT2D eigenvalue weighted by atomic mass is 10.1. The van der Waals surface area contributed by atoms with Crippen LogP contribution in [0.3, 0.4) is 0 Å². The van der Waals surface area contributed by atoms with Crippen molar-refractivity contribution in [1.82, 2.24) is 0 Å². The molecule has 0 radical (unpaired) electrons. The number of rotatable bonds is 4. The molecule has 0 aromatic heterocycles. The third kappa shape index (κ3) is 3.29. The van der Waals surface area contributed by atoms with E-state index in [1.807, 2.05) is 12.1 Å². The number of fused-ring (bicyclic) bond motifs is 1. The first-order valence-electron chi connectivity index (χ1n) is 8.39. The Labute approximate surface area is 149 Å². The van der Waals surface area contributed by atoms with Crippen LogP contribution in [0.15, 0.2) is 97.1 Å². The molecule has 0 saturated heterocycles. The summed E-state index contributed by atoms with van der Waals surface area (Å²) in [5.41, 5.74) is 1.16. The summed E-state index contributed by atoms with van der Waals surface area (Å²) in [6, 6.07) is 33.7. The normalized spacial score (nSPS) is 11.0. The summed E-state index contributed by atoms with van der Waals surface area (Å²) >= 11 is 0. The van der Waals surface area contributed by atoms with E-state index in [2.05, 4.69) is 91.9 Å². The Morgan fingerprint density at radius 2 is 1.16 bits per heavy atom. The van der Waals surface area contributed by atoms with Crippen LogP contribution >= 0.6 is 8.15 Å². The molecule has 4 aromatic carbocycles. The fraction of sp³-hybridized carbons (Fsp3) is 0.0435. The lowest BCUT2D eigenvalue weighted by Crippen LogP contribution is -2.15. The molecule has 2 heteroatoms. The van der Waals surface area contributed by atoms with Crippen LogP contribution in [0.1, 0.15) is 5.56 Å². The standard InChI is InChI=1S/C23H19OP/c1-18-16-17-19-10-8-9-15-22(19)23(18)24-25(20-11-4-2-5-12-20)21-13-6-3-7-14-21/h2-17H,1H3. The van der Waals surface area contributed by atoms with Crippen molar-refractivity contribution in [3.05, 3.63) is 103 Å². The van der Waals surface area contributed by atoms with E-state index in [9.17, 15) is 0 Å². The molecule has 0 aliphatic heterocycles. The minimum atomic E-state index is -0.917. The summed E-state index contributed by atoms with van der Waals surface area (Å²) in [6.07, 6.45) is 0. The summed E-state index contributed by atoms with van der Waals surface area (Å²) in [7, 11) is -0.917. The van der Waals surface area contributed by atoms with E-state index in [4.69, 9.17) is 4.52 Å². The summed E-state index contributed by atoms with van der Waals surface area (Å²) in [6.45, 7) is 2.12. The van der Waals surface area contributed by atoms with E-state index in [1.54, 1.807) is 0 Å². The van der Waals surface area contributed by atoms with Gasteiger partial charge in [-0.1, -0.05) is 97.1 Å². The highest BCUT2D eigenvalue weighted by molar-refractivity contribution is 7.68. The van der Waals surface area contributed by atoms with E-state index >= 15 is 0 Å². The maximum Gasteiger partial charge on any atom is 0.150 e. The Morgan fingerprint density at radius 3 is 1.80 bits per heavy atom. The summed E-state index contributed by atoms with van der Waals surface area (Å²) < 4.78 is 6.70.